The SMILES string of the molecule is CC(NC(=O)CNC(=O)[C@@H](N)C(C)C)C(C)N1CCOCC1. The van der Waals surface area contributed by atoms with E-state index in [1.807, 2.05) is 20.8 Å². The summed E-state index contributed by atoms with van der Waals surface area (Å²) >= 11 is 0. The van der Waals surface area contributed by atoms with Crippen molar-refractivity contribution in [2.45, 2.75) is 45.8 Å². The van der Waals surface area contributed by atoms with Crippen LogP contribution in [-0.2, 0) is 14.3 Å². The van der Waals surface area contributed by atoms with Crippen LogP contribution in [0.4, 0.5) is 0 Å². The predicted molar refractivity (Wildman–Crippen MR) is 85.3 cm³/mol. The molecule has 0 aromatic carbocycles. The quantitative estimate of drug-likeness (QED) is 0.578. The van der Waals surface area contributed by atoms with Crippen LogP contribution >= 0.6 is 0 Å². The predicted octanol–water partition coefficient (Wildman–Crippen LogP) is -0.689. The summed E-state index contributed by atoms with van der Waals surface area (Å²) in [4.78, 5) is 25.9. The average molecular weight is 314 g/mol. The largest absolute Gasteiger partial charge is 0.379 e. The molecular formula is C15H30N4O3. The number of carbonyl (C=O) groups is 2. The summed E-state index contributed by atoms with van der Waals surface area (Å²) in [6, 6.07) is -0.361. The second kappa shape index (κ2) is 9.07. The molecule has 0 bridgehead atoms. The molecule has 1 aliphatic heterocycles. The molecule has 0 saturated carbocycles. The van der Waals surface area contributed by atoms with Crippen LogP contribution in [0, 0.1) is 5.92 Å². The Morgan fingerprint density at radius 2 is 1.77 bits per heavy atom. The summed E-state index contributed by atoms with van der Waals surface area (Å²) < 4.78 is 5.33. The first-order valence-corrected chi connectivity index (χ1v) is 7.97. The molecule has 3 atom stereocenters. The summed E-state index contributed by atoms with van der Waals surface area (Å²) in [6.07, 6.45) is 0. The highest BCUT2D eigenvalue weighted by atomic mass is 16.5. The smallest absolute Gasteiger partial charge is 0.239 e. The molecule has 0 aromatic heterocycles. The Hall–Kier alpha value is -1.18. The minimum absolute atomic E-state index is 0.00118. The van der Waals surface area contributed by atoms with Crippen molar-refractivity contribution in [1.29, 1.82) is 0 Å². The summed E-state index contributed by atoms with van der Waals surface area (Å²) in [5.41, 5.74) is 5.73. The molecular weight excluding hydrogens is 284 g/mol. The van der Waals surface area contributed by atoms with Crippen LogP contribution < -0.4 is 16.4 Å². The van der Waals surface area contributed by atoms with E-state index in [1.54, 1.807) is 0 Å². The van der Waals surface area contributed by atoms with Gasteiger partial charge in [0.25, 0.3) is 0 Å². The van der Waals surface area contributed by atoms with Crippen LogP contribution in [0.1, 0.15) is 27.7 Å². The monoisotopic (exact) mass is 314 g/mol. The van der Waals surface area contributed by atoms with Crippen molar-refractivity contribution in [3.05, 3.63) is 0 Å². The molecule has 4 N–H and O–H groups in total. The first kappa shape index (κ1) is 18.9. The first-order chi connectivity index (χ1) is 10.3. The van der Waals surface area contributed by atoms with Crippen molar-refractivity contribution in [3.8, 4) is 0 Å². The van der Waals surface area contributed by atoms with Gasteiger partial charge in [0.05, 0.1) is 25.8 Å². The number of ether oxygens (including phenoxy) is 1. The zero-order valence-electron chi connectivity index (χ0n) is 14.1. The van der Waals surface area contributed by atoms with E-state index < -0.39 is 6.04 Å². The highest BCUT2D eigenvalue weighted by Gasteiger charge is 2.23. The normalized spacial score (nSPS) is 20.3. The molecule has 1 aliphatic rings. The van der Waals surface area contributed by atoms with E-state index in [0.717, 1.165) is 26.3 Å². The Kier molecular flexibility index (Phi) is 7.78. The Labute approximate surface area is 132 Å². The van der Waals surface area contributed by atoms with Crippen LogP contribution in [0.5, 0.6) is 0 Å². The number of nitrogens with zero attached hydrogens (tertiary/aromatic N) is 1. The topological polar surface area (TPSA) is 96.7 Å². The number of amides is 2. The molecule has 2 amide bonds. The molecule has 22 heavy (non-hydrogen) atoms. The number of hydrogen-bond acceptors (Lipinski definition) is 5. The van der Waals surface area contributed by atoms with Gasteiger partial charge in [0.2, 0.25) is 11.8 Å². The Balaban J connectivity index is 2.32. The Bertz CT molecular complexity index is 370. The second-order valence-electron chi connectivity index (χ2n) is 6.23. The molecule has 0 spiro atoms. The fourth-order valence-electron chi connectivity index (χ4n) is 2.31. The third kappa shape index (κ3) is 5.90. The Morgan fingerprint density at radius 1 is 1.18 bits per heavy atom. The molecule has 0 radical (unpaired) electrons. The van der Waals surface area contributed by atoms with Crippen molar-refractivity contribution >= 4 is 11.8 Å². The van der Waals surface area contributed by atoms with Gasteiger partial charge in [-0.15, -0.1) is 0 Å². The Morgan fingerprint density at radius 3 is 2.32 bits per heavy atom. The highest BCUT2D eigenvalue weighted by Crippen LogP contribution is 2.07. The van der Waals surface area contributed by atoms with Crippen molar-refractivity contribution in [2.75, 3.05) is 32.8 Å². The highest BCUT2D eigenvalue weighted by molar-refractivity contribution is 5.87. The number of nitrogens with one attached hydrogen (secondary N) is 2. The maximum absolute atomic E-state index is 11.9. The van der Waals surface area contributed by atoms with E-state index in [1.165, 1.54) is 0 Å². The van der Waals surface area contributed by atoms with Gasteiger partial charge in [0.1, 0.15) is 0 Å². The molecule has 1 fully saturated rings. The van der Waals surface area contributed by atoms with Crippen LogP contribution in [0.15, 0.2) is 0 Å². The van der Waals surface area contributed by atoms with E-state index in [-0.39, 0.29) is 36.4 Å². The molecule has 1 rings (SSSR count). The number of rotatable bonds is 7. The van der Waals surface area contributed by atoms with E-state index in [4.69, 9.17) is 10.5 Å². The van der Waals surface area contributed by atoms with Gasteiger partial charge in [-0.3, -0.25) is 14.5 Å². The van der Waals surface area contributed by atoms with Gasteiger partial charge in [-0.2, -0.15) is 0 Å². The fraction of sp³-hybridized carbons (Fsp3) is 0.867. The lowest BCUT2D eigenvalue weighted by atomic mass is 10.1. The zero-order chi connectivity index (χ0) is 16.7. The van der Waals surface area contributed by atoms with Gasteiger partial charge in [-0.25, -0.2) is 0 Å². The van der Waals surface area contributed by atoms with Gasteiger partial charge in [0, 0.05) is 25.2 Å². The third-order valence-corrected chi connectivity index (χ3v) is 4.18. The molecule has 0 aromatic rings. The van der Waals surface area contributed by atoms with Crippen LogP contribution in [0.3, 0.4) is 0 Å². The fourth-order valence-corrected chi connectivity index (χ4v) is 2.31. The molecule has 0 aliphatic carbocycles. The van der Waals surface area contributed by atoms with Gasteiger partial charge in [0.15, 0.2) is 0 Å². The summed E-state index contributed by atoms with van der Waals surface area (Å²) in [6.45, 7) is 11.0. The van der Waals surface area contributed by atoms with Gasteiger partial charge in [-0.1, -0.05) is 13.8 Å². The van der Waals surface area contributed by atoms with Crippen molar-refractivity contribution in [3.63, 3.8) is 0 Å². The molecule has 7 heteroatoms. The van der Waals surface area contributed by atoms with E-state index in [0.29, 0.717) is 0 Å². The number of hydrogen-bond donors (Lipinski definition) is 3. The van der Waals surface area contributed by atoms with Crippen molar-refractivity contribution in [1.82, 2.24) is 15.5 Å². The van der Waals surface area contributed by atoms with Crippen LogP contribution in [0.2, 0.25) is 0 Å². The number of carbonyl (C=O) groups excluding carboxylic acids is 2. The van der Waals surface area contributed by atoms with E-state index in [2.05, 4.69) is 22.5 Å². The third-order valence-electron chi connectivity index (χ3n) is 4.18. The van der Waals surface area contributed by atoms with Gasteiger partial charge >= 0.3 is 0 Å². The lowest BCUT2D eigenvalue weighted by Crippen LogP contribution is -2.54. The summed E-state index contributed by atoms with van der Waals surface area (Å²) in [5, 5.41) is 5.50. The molecule has 7 nitrogen and oxygen atoms in total. The standard InChI is InChI=1S/C15H30N4O3/c1-10(2)14(16)15(21)17-9-13(20)18-11(3)12(4)19-5-7-22-8-6-19/h10-12,14H,5-9,16H2,1-4H3,(H,17,21)(H,18,20)/t11?,12?,14-/m0/s1. The van der Waals surface area contributed by atoms with Crippen LogP contribution in [0.25, 0.3) is 0 Å². The molecule has 1 heterocycles. The first-order valence-electron chi connectivity index (χ1n) is 7.97. The van der Waals surface area contributed by atoms with Crippen molar-refractivity contribution in [2.24, 2.45) is 11.7 Å². The average Bonchev–Trinajstić information content (AvgIpc) is 2.51. The molecule has 1 saturated heterocycles. The maximum Gasteiger partial charge on any atom is 0.239 e. The lowest BCUT2D eigenvalue weighted by molar-refractivity contribution is -0.127. The van der Waals surface area contributed by atoms with E-state index in [9.17, 15) is 9.59 Å². The second-order valence-corrected chi connectivity index (χ2v) is 6.23. The zero-order valence-corrected chi connectivity index (χ0v) is 14.1. The van der Waals surface area contributed by atoms with Crippen LogP contribution in [-0.4, -0.2) is 67.7 Å². The summed E-state index contributed by atoms with van der Waals surface area (Å²) in [5.74, 6) is -0.445. The maximum atomic E-state index is 11.9. The van der Waals surface area contributed by atoms with Crippen molar-refractivity contribution < 1.29 is 14.3 Å². The molecule has 128 valence electrons. The minimum Gasteiger partial charge on any atom is -0.379 e. The lowest BCUT2D eigenvalue weighted by Gasteiger charge is -2.35. The van der Waals surface area contributed by atoms with Gasteiger partial charge in [-0.05, 0) is 19.8 Å². The van der Waals surface area contributed by atoms with E-state index >= 15 is 0 Å². The number of morpholine rings is 1. The van der Waals surface area contributed by atoms with Gasteiger partial charge < -0.3 is 21.1 Å². The number of nitrogens with two attached hydrogens (primary N) is 1. The molecule has 2 unspecified atom stereocenters. The summed E-state index contributed by atoms with van der Waals surface area (Å²) in [7, 11) is 0. The minimum atomic E-state index is -0.586.